The molecule has 4 rings (SSSR count). The van der Waals surface area contributed by atoms with E-state index in [0.29, 0.717) is 36.0 Å². The molecule has 1 aromatic carbocycles. The van der Waals surface area contributed by atoms with Crippen molar-refractivity contribution in [3.63, 3.8) is 0 Å². The lowest BCUT2D eigenvalue weighted by Gasteiger charge is -2.30. The molecule has 0 spiro atoms. The number of anilines is 1. The summed E-state index contributed by atoms with van der Waals surface area (Å²) < 4.78 is 30.1. The molecule has 1 aliphatic heterocycles. The lowest BCUT2D eigenvalue weighted by Crippen LogP contribution is -2.43. The minimum Gasteiger partial charge on any atom is -0.308 e. The summed E-state index contributed by atoms with van der Waals surface area (Å²) >= 11 is 12.5. The second-order valence-corrected chi connectivity index (χ2v) is 10.4. The molecule has 3 heterocycles. The zero-order valence-electron chi connectivity index (χ0n) is 17.3. The van der Waals surface area contributed by atoms with Crippen molar-refractivity contribution in [2.75, 3.05) is 18.4 Å². The highest BCUT2D eigenvalue weighted by atomic mass is 35.5. The van der Waals surface area contributed by atoms with Crippen molar-refractivity contribution in [1.82, 2.24) is 23.9 Å². The van der Waals surface area contributed by atoms with Crippen molar-refractivity contribution in [3.05, 3.63) is 58.5 Å². The monoisotopic (exact) mass is 496 g/mol. The molecule has 0 bridgehead atoms. The van der Waals surface area contributed by atoms with Crippen LogP contribution in [0.2, 0.25) is 10.0 Å². The van der Waals surface area contributed by atoms with Crippen LogP contribution in [0.4, 0.5) is 5.82 Å². The molecule has 32 heavy (non-hydrogen) atoms. The van der Waals surface area contributed by atoms with Crippen molar-refractivity contribution < 1.29 is 13.2 Å². The van der Waals surface area contributed by atoms with E-state index in [1.54, 1.807) is 24.0 Å². The number of aromatic nitrogens is 4. The fourth-order valence-corrected chi connectivity index (χ4v) is 5.54. The Morgan fingerprint density at radius 2 is 2.00 bits per heavy atom. The van der Waals surface area contributed by atoms with Gasteiger partial charge in [0.25, 0.3) is 0 Å². The van der Waals surface area contributed by atoms with Gasteiger partial charge in [-0.3, -0.25) is 14.2 Å². The van der Waals surface area contributed by atoms with Gasteiger partial charge in [0.1, 0.15) is 9.92 Å². The molecular formula is C20H22Cl2N6O3S. The first-order valence-electron chi connectivity index (χ1n) is 10.00. The van der Waals surface area contributed by atoms with E-state index in [2.05, 4.69) is 15.5 Å². The van der Waals surface area contributed by atoms with Crippen molar-refractivity contribution in [3.8, 4) is 0 Å². The second-order valence-electron chi connectivity index (χ2n) is 7.66. The molecule has 1 fully saturated rings. The summed E-state index contributed by atoms with van der Waals surface area (Å²) in [6.07, 6.45) is 5.52. The third kappa shape index (κ3) is 4.83. The van der Waals surface area contributed by atoms with Gasteiger partial charge in [-0.2, -0.15) is 14.5 Å². The van der Waals surface area contributed by atoms with E-state index in [0.717, 1.165) is 5.56 Å². The topological polar surface area (TPSA) is 102 Å². The molecule has 1 amide bonds. The SMILES string of the molecule is Cn1cc(S(=O)(=O)N2CCCC(C(=O)Nc3nn(Cc4ccccc4Cl)cc3Cl)C2)cn1. The average molecular weight is 497 g/mol. The van der Waals surface area contributed by atoms with Gasteiger partial charge in [-0.15, -0.1) is 0 Å². The molecular weight excluding hydrogens is 475 g/mol. The lowest BCUT2D eigenvalue weighted by molar-refractivity contribution is -0.120. The maximum absolute atomic E-state index is 12.9. The molecule has 2 aromatic heterocycles. The highest BCUT2D eigenvalue weighted by molar-refractivity contribution is 7.89. The van der Waals surface area contributed by atoms with Crippen molar-refractivity contribution in [2.45, 2.75) is 24.3 Å². The molecule has 3 aromatic rings. The van der Waals surface area contributed by atoms with Gasteiger partial charge in [-0.05, 0) is 24.5 Å². The Kier molecular flexibility index (Phi) is 6.57. The first kappa shape index (κ1) is 22.8. The number of nitrogens with zero attached hydrogens (tertiary/aromatic N) is 5. The summed E-state index contributed by atoms with van der Waals surface area (Å²) in [4.78, 5) is 13.0. The third-order valence-electron chi connectivity index (χ3n) is 5.32. The number of rotatable bonds is 6. The second kappa shape index (κ2) is 9.22. The van der Waals surface area contributed by atoms with Crippen LogP contribution in [-0.2, 0) is 28.4 Å². The van der Waals surface area contributed by atoms with Gasteiger partial charge in [0.05, 0.1) is 18.7 Å². The summed E-state index contributed by atoms with van der Waals surface area (Å²) in [6, 6.07) is 7.40. The quantitative estimate of drug-likeness (QED) is 0.564. The molecule has 170 valence electrons. The van der Waals surface area contributed by atoms with E-state index in [-0.39, 0.29) is 23.2 Å². The minimum atomic E-state index is -3.71. The van der Waals surface area contributed by atoms with Crippen LogP contribution >= 0.6 is 23.2 Å². The number of carbonyl (C=O) groups excluding carboxylic acids is 1. The number of amides is 1. The largest absolute Gasteiger partial charge is 0.308 e. The smallest absolute Gasteiger partial charge is 0.246 e. The van der Waals surface area contributed by atoms with Gasteiger partial charge in [0.15, 0.2) is 5.82 Å². The number of hydrogen-bond acceptors (Lipinski definition) is 5. The number of halogens is 2. The molecule has 1 aliphatic rings. The summed E-state index contributed by atoms with van der Waals surface area (Å²) in [5, 5.41) is 11.9. The van der Waals surface area contributed by atoms with Crippen LogP contribution in [0, 0.1) is 5.92 Å². The Hall–Kier alpha value is -2.40. The first-order chi connectivity index (χ1) is 15.2. The number of nitrogens with one attached hydrogen (secondary N) is 1. The molecule has 1 saturated heterocycles. The van der Waals surface area contributed by atoms with Gasteiger partial charge < -0.3 is 5.32 Å². The summed E-state index contributed by atoms with van der Waals surface area (Å²) in [6.45, 7) is 0.838. The van der Waals surface area contributed by atoms with Crippen LogP contribution < -0.4 is 5.32 Å². The maximum atomic E-state index is 12.9. The molecule has 1 atom stereocenters. The Morgan fingerprint density at radius 3 is 2.72 bits per heavy atom. The Morgan fingerprint density at radius 1 is 1.22 bits per heavy atom. The number of hydrogen-bond donors (Lipinski definition) is 1. The van der Waals surface area contributed by atoms with Gasteiger partial charge in [-0.25, -0.2) is 8.42 Å². The molecule has 1 N–H and O–H groups in total. The van der Waals surface area contributed by atoms with Crippen LogP contribution in [0.5, 0.6) is 0 Å². The van der Waals surface area contributed by atoms with E-state index in [4.69, 9.17) is 23.2 Å². The lowest BCUT2D eigenvalue weighted by atomic mass is 9.99. The van der Waals surface area contributed by atoms with Crippen molar-refractivity contribution in [1.29, 1.82) is 0 Å². The van der Waals surface area contributed by atoms with E-state index in [1.165, 1.54) is 21.4 Å². The van der Waals surface area contributed by atoms with E-state index < -0.39 is 15.9 Å². The predicted octanol–water partition coefficient (Wildman–Crippen LogP) is 3.01. The zero-order chi connectivity index (χ0) is 22.9. The first-order valence-corrected chi connectivity index (χ1v) is 12.2. The van der Waals surface area contributed by atoms with Crippen LogP contribution in [0.25, 0.3) is 0 Å². The standard InChI is InChI=1S/C20H22Cl2N6O3S/c1-26-12-16(9-23-26)32(30,31)28-8-4-6-15(11-28)20(29)24-19-18(22)13-27(25-19)10-14-5-2-3-7-17(14)21/h2-3,5,7,9,12-13,15H,4,6,8,10-11H2,1H3,(H,24,25,29). The minimum absolute atomic E-state index is 0.0843. The molecule has 12 heteroatoms. The van der Waals surface area contributed by atoms with Gasteiger partial charge in [0.2, 0.25) is 15.9 Å². The van der Waals surface area contributed by atoms with E-state index >= 15 is 0 Å². The fourth-order valence-electron chi connectivity index (χ4n) is 3.64. The maximum Gasteiger partial charge on any atom is 0.246 e. The average Bonchev–Trinajstić information content (AvgIpc) is 3.35. The van der Waals surface area contributed by atoms with Crippen LogP contribution in [-0.4, -0.2) is 51.3 Å². The van der Waals surface area contributed by atoms with Crippen LogP contribution in [0.1, 0.15) is 18.4 Å². The van der Waals surface area contributed by atoms with E-state index in [1.807, 2.05) is 18.2 Å². The Labute approximate surface area is 196 Å². The molecule has 0 aliphatic carbocycles. The number of carbonyl (C=O) groups is 1. The van der Waals surface area contributed by atoms with Crippen molar-refractivity contribution in [2.24, 2.45) is 13.0 Å². The van der Waals surface area contributed by atoms with Gasteiger partial charge in [0, 0.05) is 37.6 Å². The normalized spacial score (nSPS) is 17.4. The zero-order valence-corrected chi connectivity index (χ0v) is 19.6. The van der Waals surface area contributed by atoms with Gasteiger partial charge in [-0.1, -0.05) is 41.4 Å². The van der Waals surface area contributed by atoms with Gasteiger partial charge >= 0.3 is 0 Å². The predicted molar refractivity (Wildman–Crippen MR) is 121 cm³/mol. The highest BCUT2D eigenvalue weighted by Gasteiger charge is 2.34. The molecule has 0 radical (unpaired) electrons. The fraction of sp³-hybridized carbons (Fsp3) is 0.350. The van der Waals surface area contributed by atoms with Crippen LogP contribution in [0.15, 0.2) is 47.8 Å². The molecule has 1 unspecified atom stereocenters. The van der Waals surface area contributed by atoms with Crippen LogP contribution in [0.3, 0.4) is 0 Å². The Bertz CT molecular complexity index is 1240. The number of benzene rings is 1. The molecule has 9 nitrogen and oxygen atoms in total. The highest BCUT2D eigenvalue weighted by Crippen LogP contribution is 2.26. The third-order valence-corrected chi connectivity index (χ3v) is 7.79. The van der Waals surface area contributed by atoms with Crippen molar-refractivity contribution >= 4 is 45.0 Å². The number of sulfonamides is 1. The number of aryl methyl sites for hydroxylation is 1. The van der Waals surface area contributed by atoms with E-state index in [9.17, 15) is 13.2 Å². The number of piperidine rings is 1. The molecule has 0 saturated carbocycles. The summed E-state index contributed by atoms with van der Waals surface area (Å²) in [5.41, 5.74) is 0.870. The Balaban J connectivity index is 1.44. The summed E-state index contributed by atoms with van der Waals surface area (Å²) in [5.74, 6) is -0.600. The summed E-state index contributed by atoms with van der Waals surface area (Å²) in [7, 11) is -2.06.